The van der Waals surface area contributed by atoms with E-state index in [0.29, 0.717) is 24.5 Å². The van der Waals surface area contributed by atoms with Crippen molar-refractivity contribution in [1.82, 2.24) is 14.8 Å². The number of piperidine rings is 2. The van der Waals surface area contributed by atoms with Crippen molar-refractivity contribution in [2.45, 2.75) is 64.8 Å². The van der Waals surface area contributed by atoms with Gasteiger partial charge >= 0.3 is 0 Å². The first-order valence-corrected chi connectivity index (χ1v) is 12.7. The Morgan fingerprint density at radius 1 is 1.09 bits per heavy atom. The van der Waals surface area contributed by atoms with Crippen LogP contribution < -0.4 is 4.74 Å². The van der Waals surface area contributed by atoms with Crippen molar-refractivity contribution in [2.75, 3.05) is 32.8 Å². The van der Waals surface area contributed by atoms with E-state index in [2.05, 4.69) is 47.9 Å². The summed E-state index contributed by atoms with van der Waals surface area (Å²) in [6, 6.07) is 13.1. The number of carbonyl (C=O) groups excluding carboxylic acids is 1. The summed E-state index contributed by atoms with van der Waals surface area (Å²) in [6.45, 7) is 11.0. The van der Waals surface area contributed by atoms with E-state index in [1.165, 1.54) is 11.1 Å². The lowest BCUT2D eigenvalue weighted by Crippen LogP contribution is -2.47. The van der Waals surface area contributed by atoms with Crippen molar-refractivity contribution in [3.05, 3.63) is 59.4 Å². The fourth-order valence-electron chi connectivity index (χ4n) is 5.29. The van der Waals surface area contributed by atoms with Crippen molar-refractivity contribution < 1.29 is 9.53 Å². The van der Waals surface area contributed by atoms with Crippen LogP contribution in [0.25, 0.3) is 0 Å². The third-order valence-electron chi connectivity index (χ3n) is 7.28. The van der Waals surface area contributed by atoms with Crippen LogP contribution in [0.15, 0.2) is 42.6 Å². The van der Waals surface area contributed by atoms with Crippen molar-refractivity contribution >= 4 is 5.91 Å². The van der Waals surface area contributed by atoms with Gasteiger partial charge in [-0.15, -0.1) is 0 Å². The number of benzene rings is 1. The Morgan fingerprint density at radius 2 is 1.88 bits per heavy atom. The minimum atomic E-state index is 0.194. The van der Waals surface area contributed by atoms with Gasteiger partial charge in [0.15, 0.2) is 0 Å². The highest BCUT2D eigenvalue weighted by Gasteiger charge is 2.32. The standard InChI is InChI=1S/C28H39N3O2/c1-4-33-27-10-6-5-8-24(27)18-22-11-12-26(29-19-22)25-9-7-15-31(20-25)28(32)23-13-16-30(17-14-23)21(2)3/h5-6,8,10-12,19,21,23,25H,4,7,9,13-18,20H2,1-3H3/t25-/m0/s1. The number of para-hydroxylation sites is 1. The quantitative estimate of drug-likeness (QED) is 0.603. The number of likely N-dealkylation sites (tertiary alicyclic amines) is 2. The first-order valence-electron chi connectivity index (χ1n) is 12.7. The summed E-state index contributed by atoms with van der Waals surface area (Å²) in [6.07, 6.45) is 6.97. The van der Waals surface area contributed by atoms with Gasteiger partial charge in [0.05, 0.1) is 6.61 Å². The van der Waals surface area contributed by atoms with E-state index in [9.17, 15) is 4.79 Å². The summed E-state index contributed by atoms with van der Waals surface area (Å²) in [5.74, 6) is 1.85. The van der Waals surface area contributed by atoms with Gasteiger partial charge in [0.25, 0.3) is 0 Å². The van der Waals surface area contributed by atoms with Crippen LogP contribution in [0.1, 0.15) is 69.2 Å². The van der Waals surface area contributed by atoms with Crippen LogP contribution in [0.3, 0.4) is 0 Å². The third kappa shape index (κ3) is 5.94. The summed E-state index contributed by atoms with van der Waals surface area (Å²) < 4.78 is 5.77. The van der Waals surface area contributed by atoms with Gasteiger partial charge in [0, 0.05) is 49.3 Å². The Bertz CT molecular complexity index is 904. The number of hydrogen-bond donors (Lipinski definition) is 0. The number of hydrogen-bond acceptors (Lipinski definition) is 4. The van der Waals surface area contributed by atoms with Gasteiger partial charge in [-0.2, -0.15) is 0 Å². The molecule has 0 radical (unpaired) electrons. The summed E-state index contributed by atoms with van der Waals surface area (Å²) in [5, 5.41) is 0. The third-order valence-corrected chi connectivity index (χ3v) is 7.28. The molecule has 2 aliphatic rings. The highest BCUT2D eigenvalue weighted by Crippen LogP contribution is 2.29. The zero-order valence-corrected chi connectivity index (χ0v) is 20.5. The summed E-state index contributed by atoms with van der Waals surface area (Å²) in [5.41, 5.74) is 3.49. The van der Waals surface area contributed by atoms with E-state index in [1.54, 1.807) is 0 Å². The molecule has 0 N–H and O–H groups in total. The number of nitrogens with zero attached hydrogens (tertiary/aromatic N) is 3. The molecule has 178 valence electrons. The largest absolute Gasteiger partial charge is 0.494 e. The molecule has 33 heavy (non-hydrogen) atoms. The van der Waals surface area contributed by atoms with Crippen LogP contribution in [-0.4, -0.2) is 59.5 Å². The van der Waals surface area contributed by atoms with E-state index < -0.39 is 0 Å². The summed E-state index contributed by atoms with van der Waals surface area (Å²) in [4.78, 5) is 22.7. The second kappa shape index (κ2) is 11.1. The molecule has 0 spiro atoms. The van der Waals surface area contributed by atoms with E-state index >= 15 is 0 Å². The number of pyridine rings is 1. The highest BCUT2D eigenvalue weighted by molar-refractivity contribution is 5.79. The molecule has 5 heteroatoms. The normalized spacial score (nSPS) is 20.2. The molecule has 1 amide bonds. The van der Waals surface area contributed by atoms with Crippen LogP contribution >= 0.6 is 0 Å². The maximum Gasteiger partial charge on any atom is 0.225 e. The smallest absolute Gasteiger partial charge is 0.225 e. The fraction of sp³-hybridized carbons (Fsp3) is 0.571. The topological polar surface area (TPSA) is 45.7 Å². The fourth-order valence-corrected chi connectivity index (χ4v) is 5.29. The van der Waals surface area contributed by atoms with Gasteiger partial charge in [-0.1, -0.05) is 24.3 Å². The van der Waals surface area contributed by atoms with Gasteiger partial charge in [-0.25, -0.2) is 0 Å². The lowest BCUT2D eigenvalue weighted by atomic mass is 9.90. The molecule has 1 atom stereocenters. The van der Waals surface area contributed by atoms with Gasteiger partial charge in [0.2, 0.25) is 5.91 Å². The highest BCUT2D eigenvalue weighted by atomic mass is 16.5. The summed E-state index contributed by atoms with van der Waals surface area (Å²) in [7, 11) is 0. The van der Waals surface area contributed by atoms with E-state index in [4.69, 9.17) is 9.72 Å². The van der Waals surface area contributed by atoms with Gasteiger partial charge in [-0.3, -0.25) is 9.78 Å². The minimum Gasteiger partial charge on any atom is -0.494 e. The monoisotopic (exact) mass is 449 g/mol. The maximum absolute atomic E-state index is 13.2. The molecule has 0 bridgehead atoms. The van der Waals surface area contributed by atoms with Crippen LogP contribution in [-0.2, 0) is 11.2 Å². The molecule has 1 aromatic carbocycles. The first-order chi connectivity index (χ1) is 16.0. The molecule has 0 unspecified atom stereocenters. The van der Waals surface area contributed by atoms with Crippen molar-refractivity contribution in [2.24, 2.45) is 5.92 Å². The maximum atomic E-state index is 13.2. The van der Waals surface area contributed by atoms with Crippen LogP contribution in [0.2, 0.25) is 0 Å². The minimum absolute atomic E-state index is 0.194. The predicted molar refractivity (Wildman–Crippen MR) is 133 cm³/mol. The van der Waals surface area contributed by atoms with Gasteiger partial charge < -0.3 is 14.5 Å². The number of rotatable bonds is 7. The number of ether oxygens (including phenoxy) is 1. The Kier molecular flexibility index (Phi) is 8.02. The van der Waals surface area contributed by atoms with E-state index in [0.717, 1.165) is 69.7 Å². The lowest BCUT2D eigenvalue weighted by Gasteiger charge is -2.38. The average Bonchev–Trinajstić information content (AvgIpc) is 2.85. The van der Waals surface area contributed by atoms with Gasteiger partial charge in [-0.05, 0) is 82.8 Å². The molecular formula is C28H39N3O2. The van der Waals surface area contributed by atoms with Crippen LogP contribution in [0.4, 0.5) is 0 Å². The zero-order chi connectivity index (χ0) is 23.2. The molecule has 3 heterocycles. The Hall–Kier alpha value is -2.40. The van der Waals surface area contributed by atoms with E-state index in [1.807, 2.05) is 25.3 Å². The lowest BCUT2D eigenvalue weighted by molar-refractivity contribution is -0.138. The molecule has 2 aliphatic heterocycles. The summed E-state index contributed by atoms with van der Waals surface area (Å²) >= 11 is 0. The molecule has 2 saturated heterocycles. The Balaban J connectivity index is 1.35. The Morgan fingerprint density at radius 3 is 2.58 bits per heavy atom. The molecule has 2 aromatic rings. The first kappa shape index (κ1) is 23.7. The molecule has 4 rings (SSSR count). The molecule has 5 nitrogen and oxygen atoms in total. The van der Waals surface area contributed by atoms with Gasteiger partial charge in [0.1, 0.15) is 5.75 Å². The predicted octanol–water partition coefficient (Wildman–Crippen LogP) is 4.90. The second-order valence-electron chi connectivity index (χ2n) is 9.84. The number of carbonyl (C=O) groups is 1. The van der Waals surface area contributed by atoms with Crippen molar-refractivity contribution in [3.63, 3.8) is 0 Å². The zero-order valence-electron chi connectivity index (χ0n) is 20.5. The average molecular weight is 450 g/mol. The molecule has 0 saturated carbocycles. The van der Waals surface area contributed by atoms with Crippen molar-refractivity contribution in [1.29, 1.82) is 0 Å². The molecule has 2 fully saturated rings. The number of aromatic nitrogens is 1. The van der Waals surface area contributed by atoms with Crippen molar-refractivity contribution in [3.8, 4) is 5.75 Å². The SMILES string of the molecule is CCOc1ccccc1Cc1ccc([C@H]2CCCN(C(=O)C3CCN(C(C)C)CC3)C2)nc1. The van der Waals surface area contributed by atoms with Crippen LogP contribution in [0, 0.1) is 5.92 Å². The van der Waals surface area contributed by atoms with E-state index in [-0.39, 0.29) is 5.92 Å². The number of amides is 1. The second-order valence-corrected chi connectivity index (χ2v) is 9.84. The van der Waals surface area contributed by atoms with Crippen LogP contribution in [0.5, 0.6) is 5.75 Å². The molecule has 1 aromatic heterocycles. The molecular weight excluding hydrogens is 410 g/mol. The Labute approximate surface area is 199 Å². The molecule has 0 aliphatic carbocycles.